The van der Waals surface area contributed by atoms with E-state index in [1.54, 1.807) is 0 Å². The Hall–Kier alpha value is -1.06. The molecule has 0 heterocycles. The highest BCUT2D eigenvalue weighted by Crippen LogP contribution is 2.21. The molecule has 4 nitrogen and oxygen atoms in total. The van der Waals surface area contributed by atoms with Gasteiger partial charge in [0.2, 0.25) is 0 Å². The number of esters is 2. The van der Waals surface area contributed by atoms with Crippen molar-refractivity contribution in [3.63, 3.8) is 0 Å². The molecule has 0 bridgehead atoms. The summed E-state index contributed by atoms with van der Waals surface area (Å²) in [6.07, 6.45) is 1.50. The first-order valence-electron chi connectivity index (χ1n) is 7.44. The molecule has 0 fully saturated rings. The van der Waals surface area contributed by atoms with Gasteiger partial charge < -0.3 is 9.47 Å². The molecule has 0 saturated heterocycles. The third-order valence-electron chi connectivity index (χ3n) is 2.85. The molecule has 0 aromatic heterocycles. The average Bonchev–Trinajstić information content (AvgIpc) is 2.24. The molecule has 0 aromatic rings. The van der Waals surface area contributed by atoms with Crippen LogP contribution in [0.1, 0.15) is 67.7 Å². The number of carbonyl (C=O) groups excluding carboxylic acids is 2. The fourth-order valence-corrected chi connectivity index (χ4v) is 1.61. The molecule has 1 atom stereocenters. The maximum Gasteiger partial charge on any atom is 0.311 e. The van der Waals surface area contributed by atoms with E-state index in [2.05, 4.69) is 0 Å². The monoisotopic (exact) mass is 286 g/mol. The van der Waals surface area contributed by atoms with Crippen LogP contribution >= 0.6 is 0 Å². The summed E-state index contributed by atoms with van der Waals surface area (Å²) < 4.78 is 10.6. The first-order chi connectivity index (χ1) is 9.04. The van der Waals surface area contributed by atoms with E-state index >= 15 is 0 Å². The van der Waals surface area contributed by atoms with Crippen molar-refractivity contribution in [1.29, 1.82) is 0 Å². The molecule has 0 aliphatic rings. The van der Waals surface area contributed by atoms with E-state index in [4.69, 9.17) is 9.47 Å². The minimum atomic E-state index is -0.496. The maximum absolute atomic E-state index is 11.9. The molecule has 0 aliphatic heterocycles. The first-order valence-corrected chi connectivity index (χ1v) is 7.44. The highest BCUT2D eigenvalue weighted by molar-refractivity contribution is 5.75. The van der Waals surface area contributed by atoms with Crippen LogP contribution in [-0.2, 0) is 19.1 Å². The normalized spacial score (nSPS) is 13.4. The van der Waals surface area contributed by atoms with Gasteiger partial charge in [0.15, 0.2) is 0 Å². The van der Waals surface area contributed by atoms with Crippen molar-refractivity contribution in [2.75, 3.05) is 0 Å². The molecule has 0 rings (SSSR count). The van der Waals surface area contributed by atoms with E-state index in [-0.39, 0.29) is 30.1 Å². The summed E-state index contributed by atoms with van der Waals surface area (Å²) >= 11 is 0. The number of hydrogen-bond donors (Lipinski definition) is 0. The van der Waals surface area contributed by atoms with Crippen molar-refractivity contribution in [3.05, 3.63) is 0 Å². The number of rotatable bonds is 7. The number of ether oxygens (including phenoxy) is 2. The molecule has 4 heteroatoms. The van der Waals surface area contributed by atoms with Crippen molar-refractivity contribution >= 4 is 11.9 Å². The molecular weight excluding hydrogens is 256 g/mol. The van der Waals surface area contributed by atoms with Gasteiger partial charge in [0.1, 0.15) is 6.10 Å². The lowest BCUT2D eigenvalue weighted by Crippen LogP contribution is -2.31. The molecule has 0 saturated carbocycles. The summed E-state index contributed by atoms with van der Waals surface area (Å²) in [5, 5.41) is 0. The fourth-order valence-electron chi connectivity index (χ4n) is 1.61. The molecule has 0 aromatic carbocycles. The van der Waals surface area contributed by atoms with Crippen molar-refractivity contribution < 1.29 is 19.1 Å². The molecule has 0 aliphatic carbocycles. The second-order valence-corrected chi connectivity index (χ2v) is 6.87. The third kappa shape index (κ3) is 8.18. The van der Waals surface area contributed by atoms with Crippen molar-refractivity contribution in [1.82, 2.24) is 0 Å². The summed E-state index contributed by atoms with van der Waals surface area (Å²) in [5.74, 6) is -0.145. The topological polar surface area (TPSA) is 52.6 Å². The van der Waals surface area contributed by atoms with Crippen LogP contribution in [0.25, 0.3) is 0 Å². The van der Waals surface area contributed by atoms with Crippen LogP contribution in [0.5, 0.6) is 0 Å². The second kappa shape index (κ2) is 8.28. The highest BCUT2D eigenvalue weighted by Gasteiger charge is 2.27. The first kappa shape index (κ1) is 18.9. The Morgan fingerprint density at radius 1 is 1.00 bits per heavy atom. The summed E-state index contributed by atoms with van der Waals surface area (Å²) in [6.45, 7) is 13.2. The largest absolute Gasteiger partial charge is 0.463 e. The Morgan fingerprint density at radius 3 is 1.95 bits per heavy atom. The molecule has 118 valence electrons. The lowest BCUT2D eigenvalue weighted by atomic mass is 9.96. The van der Waals surface area contributed by atoms with E-state index in [0.29, 0.717) is 19.3 Å². The zero-order valence-electron chi connectivity index (χ0n) is 14.0. The third-order valence-corrected chi connectivity index (χ3v) is 2.85. The Labute approximate surface area is 123 Å². The van der Waals surface area contributed by atoms with Crippen molar-refractivity contribution in [3.8, 4) is 0 Å². The number of carbonyl (C=O) groups is 2. The standard InChI is InChI=1S/C16H30O4/c1-11(2)13(20-15(18)16(5,6)7)9-8-10-14(17)19-12(3)4/h11-13H,8-10H2,1-7H3. The zero-order chi connectivity index (χ0) is 15.9. The minimum Gasteiger partial charge on any atom is -0.463 e. The van der Waals surface area contributed by atoms with Crippen LogP contribution in [0.15, 0.2) is 0 Å². The van der Waals surface area contributed by atoms with Crippen LogP contribution in [-0.4, -0.2) is 24.1 Å². The van der Waals surface area contributed by atoms with Gasteiger partial charge in [-0.3, -0.25) is 9.59 Å². The zero-order valence-corrected chi connectivity index (χ0v) is 14.0. The van der Waals surface area contributed by atoms with Gasteiger partial charge in [-0.05, 0) is 53.4 Å². The lowest BCUT2D eigenvalue weighted by Gasteiger charge is -2.26. The van der Waals surface area contributed by atoms with Crippen LogP contribution in [0.2, 0.25) is 0 Å². The number of hydrogen-bond acceptors (Lipinski definition) is 4. The van der Waals surface area contributed by atoms with Crippen molar-refractivity contribution in [2.45, 2.75) is 79.9 Å². The Kier molecular flexibility index (Phi) is 7.84. The predicted molar refractivity (Wildman–Crippen MR) is 79.3 cm³/mol. The molecule has 0 amide bonds. The van der Waals surface area contributed by atoms with Gasteiger partial charge in [0, 0.05) is 6.42 Å². The molecule has 0 spiro atoms. The second-order valence-electron chi connectivity index (χ2n) is 6.87. The van der Waals surface area contributed by atoms with Crippen molar-refractivity contribution in [2.24, 2.45) is 11.3 Å². The van der Waals surface area contributed by atoms with Gasteiger partial charge in [0.25, 0.3) is 0 Å². The summed E-state index contributed by atoms with van der Waals surface area (Å²) in [6, 6.07) is 0. The minimum absolute atomic E-state index is 0.0814. The van der Waals surface area contributed by atoms with E-state index in [1.165, 1.54) is 0 Å². The Morgan fingerprint density at radius 2 is 1.55 bits per heavy atom. The van der Waals surface area contributed by atoms with E-state index in [1.807, 2.05) is 48.5 Å². The van der Waals surface area contributed by atoms with E-state index in [9.17, 15) is 9.59 Å². The molecular formula is C16H30O4. The van der Waals surface area contributed by atoms with Crippen LogP contribution in [0.4, 0.5) is 0 Å². The van der Waals surface area contributed by atoms with Gasteiger partial charge in [-0.25, -0.2) is 0 Å². The van der Waals surface area contributed by atoms with Gasteiger partial charge in [0.05, 0.1) is 11.5 Å². The SMILES string of the molecule is CC(C)OC(=O)CCCC(OC(=O)C(C)(C)C)C(C)C. The molecule has 1 unspecified atom stereocenters. The van der Waals surface area contributed by atoms with Crippen LogP contribution in [0, 0.1) is 11.3 Å². The summed E-state index contributed by atoms with van der Waals surface area (Å²) in [4.78, 5) is 23.4. The van der Waals surface area contributed by atoms with Gasteiger partial charge in [-0.2, -0.15) is 0 Å². The van der Waals surface area contributed by atoms with Gasteiger partial charge >= 0.3 is 11.9 Å². The van der Waals surface area contributed by atoms with E-state index < -0.39 is 5.41 Å². The van der Waals surface area contributed by atoms with E-state index in [0.717, 1.165) is 0 Å². The smallest absolute Gasteiger partial charge is 0.311 e. The lowest BCUT2D eigenvalue weighted by molar-refractivity contribution is -0.161. The fraction of sp³-hybridized carbons (Fsp3) is 0.875. The molecule has 20 heavy (non-hydrogen) atoms. The van der Waals surface area contributed by atoms with Crippen LogP contribution in [0.3, 0.4) is 0 Å². The maximum atomic E-state index is 11.9. The summed E-state index contributed by atoms with van der Waals surface area (Å²) in [7, 11) is 0. The predicted octanol–water partition coefficient (Wildman–Crippen LogP) is 3.72. The van der Waals surface area contributed by atoms with Gasteiger partial charge in [-0.15, -0.1) is 0 Å². The highest BCUT2D eigenvalue weighted by atomic mass is 16.5. The Bertz CT molecular complexity index is 313. The summed E-state index contributed by atoms with van der Waals surface area (Å²) in [5.41, 5.74) is -0.496. The quantitative estimate of drug-likeness (QED) is 0.669. The Balaban J connectivity index is 4.23. The molecule has 0 radical (unpaired) electrons. The average molecular weight is 286 g/mol. The van der Waals surface area contributed by atoms with Gasteiger partial charge in [-0.1, -0.05) is 13.8 Å². The molecule has 0 N–H and O–H groups in total. The van der Waals surface area contributed by atoms with Crippen LogP contribution < -0.4 is 0 Å².